The largest absolute Gasteiger partial charge is 0.464 e. The second-order valence-corrected chi connectivity index (χ2v) is 4.57. The first kappa shape index (κ1) is 14.1. The Hall–Kier alpha value is -1.30. The van der Waals surface area contributed by atoms with Gasteiger partial charge < -0.3 is 10.1 Å². The predicted octanol–water partition coefficient (Wildman–Crippen LogP) is 3.97. The molecule has 0 atom stereocenters. The second kappa shape index (κ2) is 6.23. The topological polar surface area (TPSA) is 59.9 Å². The summed E-state index contributed by atoms with van der Waals surface area (Å²) in [5.74, 6) is 0.229. The molecule has 0 aliphatic heterocycles. The molecule has 5 nitrogen and oxygen atoms in total. The molecule has 0 fully saturated rings. The zero-order valence-corrected chi connectivity index (χ0v) is 12.1. The van der Waals surface area contributed by atoms with Crippen molar-refractivity contribution < 1.29 is 4.74 Å². The number of nitrogens with one attached hydrogen (secondary N) is 1. The minimum absolute atomic E-state index is 0.0269. The van der Waals surface area contributed by atoms with Crippen molar-refractivity contribution in [1.29, 1.82) is 0 Å². The van der Waals surface area contributed by atoms with Crippen molar-refractivity contribution >= 4 is 46.4 Å². The molecule has 0 unspecified atom stereocenters. The summed E-state index contributed by atoms with van der Waals surface area (Å²) in [6.07, 6.45) is 0. The molecule has 0 radical (unpaired) electrons. The Labute approximate surface area is 124 Å². The van der Waals surface area contributed by atoms with Gasteiger partial charge in [0.2, 0.25) is 11.2 Å². The summed E-state index contributed by atoms with van der Waals surface area (Å²) in [7, 11) is 0. The van der Waals surface area contributed by atoms with E-state index < -0.39 is 0 Å². The number of ether oxygens (including phenoxy) is 1. The lowest BCUT2D eigenvalue weighted by molar-refractivity contribution is 0.312. The first-order valence-corrected chi connectivity index (χ1v) is 6.48. The van der Waals surface area contributed by atoms with Gasteiger partial charge in [-0.05, 0) is 36.7 Å². The van der Waals surface area contributed by atoms with Crippen LogP contribution in [0.2, 0.25) is 15.3 Å². The lowest BCUT2D eigenvalue weighted by Crippen LogP contribution is -2.04. The van der Waals surface area contributed by atoms with Gasteiger partial charge in [-0.1, -0.05) is 23.2 Å². The van der Waals surface area contributed by atoms with Gasteiger partial charge in [0.25, 0.3) is 0 Å². The highest BCUT2D eigenvalue weighted by atomic mass is 35.5. The Morgan fingerprint density at radius 2 is 1.95 bits per heavy atom. The predicted molar refractivity (Wildman–Crippen MR) is 75.8 cm³/mol. The van der Waals surface area contributed by atoms with Crippen LogP contribution in [0.25, 0.3) is 0 Å². The van der Waals surface area contributed by atoms with Gasteiger partial charge in [0.15, 0.2) is 0 Å². The smallest absolute Gasteiger partial charge is 0.322 e. The second-order valence-electron chi connectivity index (χ2n) is 3.39. The van der Waals surface area contributed by atoms with E-state index in [1.54, 1.807) is 18.2 Å². The quantitative estimate of drug-likeness (QED) is 0.924. The molecule has 100 valence electrons. The van der Waals surface area contributed by atoms with E-state index >= 15 is 0 Å². The van der Waals surface area contributed by atoms with E-state index in [1.807, 2.05) is 6.92 Å². The maximum Gasteiger partial charge on any atom is 0.322 e. The Morgan fingerprint density at radius 1 is 1.16 bits per heavy atom. The molecule has 0 saturated carbocycles. The van der Waals surface area contributed by atoms with E-state index in [4.69, 9.17) is 39.5 Å². The molecule has 0 aliphatic rings. The number of halogens is 3. The number of nitrogens with zero attached hydrogens (tertiary/aromatic N) is 3. The molecule has 2 rings (SSSR count). The molecule has 8 heteroatoms. The van der Waals surface area contributed by atoms with Crippen molar-refractivity contribution in [3.05, 3.63) is 33.5 Å². The van der Waals surface area contributed by atoms with Gasteiger partial charge in [-0.3, -0.25) is 0 Å². The lowest BCUT2D eigenvalue weighted by atomic mass is 10.3. The van der Waals surface area contributed by atoms with Gasteiger partial charge in [0, 0.05) is 5.02 Å². The van der Waals surface area contributed by atoms with E-state index in [9.17, 15) is 0 Å². The average Bonchev–Trinajstić information content (AvgIpc) is 2.33. The fraction of sp³-hybridized carbons (Fsp3) is 0.182. The zero-order chi connectivity index (χ0) is 13.8. The van der Waals surface area contributed by atoms with Gasteiger partial charge in [0.05, 0.1) is 17.3 Å². The van der Waals surface area contributed by atoms with Crippen molar-refractivity contribution in [2.24, 2.45) is 0 Å². The molecule has 0 saturated heterocycles. The van der Waals surface area contributed by atoms with Crippen LogP contribution in [0.1, 0.15) is 6.92 Å². The highest BCUT2D eigenvalue weighted by molar-refractivity contribution is 6.35. The summed E-state index contributed by atoms with van der Waals surface area (Å²) >= 11 is 17.7. The third-order valence-electron chi connectivity index (χ3n) is 2.04. The van der Waals surface area contributed by atoms with Gasteiger partial charge in [-0.15, -0.1) is 0 Å². The monoisotopic (exact) mass is 318 g/mol. The summed E-state index contributed by atoms with van der Waals surface area (Å²) in [5.41, 5.74) is 0.568. The molecule has 0 amide bonds. The summed E-state index contributed by atoms with van der Waals surface area (Å²) in [6.45, 7) is 2.25. The van der Waals surface area contributed by atoms with Crippen molar-refractivity contribution in [3.8, 4) is 6.01 Å². The molecule has 1 aromatic heterocycles. The number of hydrogen-bond donors (Lipinski definition) is 1. The summed E-state index contributed by atoms with van der Waals surface area (Å²) in [5, 5.41) is 3.96. The van der Waals surface area contributed by atoms with Crippen LogP contribution in [0.15, 0.2) is 18.2 Å². The third kappa shape index (κ3) is 3.83. The Bertz CT molecular complexity index is 594. The number of rotatable bonds is 4. The number of hydrogen-bond acceptors (Lipinski definition) is 5. The molecule has 2 aromatic rings. The van der Waals surface area contributed by atoms with Crippen LogP contribution in [0.4, 0.5) is 11.6 Å². The first-order valence-electron chi connectivity index (χ1n) is 5.35. The Balaban J connectivity index is 2.29. The molecule has 0 aliphatic carbocycles. The van der Waals surface area contributed by atoms with E-state index in [2.05, 4.69) is 20.3 Å². The minimum atomic E-state index is 0.0269. The first-order chi connectivity index (χ1) is 9.08. The highest BCUT2D eigenvalue weighted by Gasteiger charge is 2.08. The van der Waals surface area contributed by atoms with Crippen LogP contribution in [0.5, 0.6) is 6.01 Å². The van der Waals surface area contributed by atoms with E-state index in [0.29, 0.717) is 22.3 Å². The van der Waals surface area contributed by atoms with Crippen LogP contribution in [0.3, 0.4) is 0 Å². The van der Waals surface area contributed by atoms with Crippen LogP contribution < -0.4 is 10.1 Å². The molecular formula is C11H9Cl3N4O. The number of benzene rings is 1. The van der Waals surface area contributed by atoms with E-state index in [-0.39, 0.29) is 17.2 Å². The van der Waals surface area contributed by atoms with Gasteiger partial charge >= 0.3 is 6.01 Å². The Kier molecular flexibility index (Phi) is 4.63. The molecule has 1 N–H and O–H groups in total. The SMILES string of the molecule is CCOc1nc(Cl)nc(Nc2cc(Cl)ccc2Cl)n1. The molecule has 0 spiro atoms. The average molecular weight is 320 g/mol. The minimum Gasteiger partial charge on any atom is -0.464 e. The van der Waals surface area contributed by atoms with Gasteiger partial charge in [0.1, 0.15) is 0 Å². The van der Waals surface area contributed by atoms with Gasteiger partial charge in [-0.2, -0.15) is 15.0 Å². The zero-order valence-electron chi connectivity index (χ0n) is 9.82. The highest BCUT2D eigenvalue weighted by Crippen LogP contribution is 2.27. The van der Waals surface area contributed by atoms with Crippen LogP contribution in [-0.4, -0.2) is 21.6 Å². The van der Waals surface area contributed by atoms with Crippen LogP contribution in [0, 0.1) is 0 Å². The van der Waals surface area contributed by atoms with Crippen LogP contribution >= 0.6 is 34.8 Å². The maximum absolute atomic E-state index is 6.03. The fourth-order valence-electron chi connectivity index (χ4n) is 1.30. The van der Waals surface area contributed by atoms with Crippen molar-refractivity contribution in [1.82, 2.24) is 15.0 Å². The molecule has 0 bridgehead atoms. The number of aromatic nitrogens is 3. The molecule has 1 aromatic carbocycles. The molecule has 1 heterocycles. The van der Waals surface area contributed by atoms with E-state index in [1.165, 1.54) is 0 Å². The molecular weight excluding hydrogens is 311 g/mol. The Morgan fingerprint density at radius 3 is 2.68 bits per heavy atom. The fourth-order valence-corrected chi connectivity index (χ4v) is 1.78. The summed E-state index contributed by atoms with van der Waals surface area (Å²) in [4.78, 5) is 11.8. The summed E-state index contributed by atoms with van der Waals surface area (Å²) < 4.78 is 5.17. The standard InChI is InChI=1S/C11H9Cl3N4O/c1-2-19-11-17-9(14)16-10(18-11)15-8-5-6(12)3-4-7(8)13/h3-5H,2H2,1H3,(H,15,16,17,18). The van der Waals surface area contributed by atoms with E-state index in [0.717, 1.165) is 0 Å². The maximum atomic E-state index is 6.03. The van der Waals surface area contributed by atoms with Crippen molar-refractivity contribution in [3.63, 3.8) is 0 Å². The summed E-state index contributed by atoms with van der Waals surface area (Å²) in [6, 6.07) is 5.14. The normalized spacial score (nSPS) is 10.3. The number of anilines is 2. The van der Waals surface area contributed by atoms with Crippen molar-refractivity contribution in [2.75, 3.05) is 11.9 Å². The van der Waals surface area contributed by atoms with Crippen molar-refractivity contribution in [2.45, 2.75) is 6.92 Å². The third-order valence-corrected chi connectivity index (χ3v) is 2.77. The lowest BCUT2D eigenvalue weighted by Gasteiger charge is -2.08. The van der Waals surface area contributed by atoms with Gasteiger partial charge in [-0.25, -0.2) is 0 Å². The van der Waals surface area contributed by atoms with Crippen LogP contribution in [-0.2, 0) is 0 Å². The molecule has 19 heavy (non-hydrogen) atoms.